The Morgan fingerprint density at radius 1 is 1.53 bits per heavy atom. The second-order valence-corrected chi connectivity index (χ2v) is 4.15. The van der Waals surface area contributed by atoms with E-state index < -0.39 is 0 Å². The smallest absolute Gasteiger partial charge is 0.196 e. The van der Waals surface area contributed by atoms with Gasteiger partial charge in [-0.2, -0.15) is 0 Å². The SMILES string of the molecule is CCNCCc1ncc(-c2cccs2)o1. The van der Waals surface area contributed by atoms with E-state index in [1.54, 1.807) is 17.5 Å². The lowest BCUT2D eigenvalue weighted by atomic mass is 10.4. The predicted octanol–water partition coefficient (Wildman–Crippen LogP) is 2.56. The fourth-order valence-electron chi connectivity index (χ4n) is 1.33. The molecule has 0 aromatic carbocycles. The van der Waals surface area contributed by atoms with Gasteiger partial charge in [0.1, 0.15) is 0 Å². The Labute approximate surface area is 93.2 Å². The van der Waals surface area contributed by atoms with Gasteiger partial charge in [-0.15, -0.1) is 11.3 Å². The van der Waals surface area contributed by atoms with Gasteiger partial charge in [-0.1, -0.05) is 13.0 Å². The highest BCUT2D eigenvalue weighted by molar-refractivity contribution is 7.13. The Balaban J connectivity index is 1.98. The molecule has 0 amide bonds. The van der Waals surface area contributed by atoms with Gasteiger partial charge in [0.2, 0.25) is 0 Å². The van der Waals surface area contributed by atoms with Gasteiger partial charge < -0.3 is 9.73 Å². The van der Waals surface area contributed by atoms with E-state index in [-0.39, 0.29) is 0 Å². The largest absolute Gasteiger partial charge is 0.440 e. The van der Waals surface area contributed by atoms with Crippen molar-refractivity contribution >= 4 is 11.3 Å². The van der Waals surface area contributed by atoms with Crippen molar-refractivity contribution in [2.45, 2.75) is 13.3 Å². The van der Waals surface area contributed by atoms with Gasteiger partial charge in [-0.25, -0.2) is 4.98 Å². The summed E-state index contributed by atoms with van der Waals surface area (Å²) in [6.45, 7) is 3.99. The second-order valence-electron chi connectivity index (χ2n) is 3.20. The summed E-state index contributed by atoms with van der Waals surface area (Å²) < 4.78 is 5.63. The van der Waals surface area contributed by atoms with E-state index in [1.807, 2.05) is 17.5 Å². The first kappa shape index (κ1) is 10.4. The molecule has 0 aliphatic rings. The van der Waals surface area contributed by atoms with Gasteiger partial charge in [0.25, 0.3) is 0 Å². The molecule has 0 spiro atoms. The van der Waals surface area contributed by atoms with Crippen molar-refractivity contribution < 1.29 is 4.42 Å². The Hall–Kier alpha value is -1.13. The van der Waals surface area contributed by atoms with Gasteiger partial charge in [0.05, 0.1) is 11.1 Å². The Morgan fingerprint density at radius 2 is 2.47 bits per heavy atom. The molecular weight excluding hydrogens is 208 g/mol. The minimum Gasteiger partial charge on any atom is -0.440 e. The highest BCUT2D eigenvalue weighted by Crippen LogP contribution is 2.24. The zero-order chi connectivity index (χ0) is 10.5. The van der Waals surface area contributed by atoms with Crippen LogP contribution in [0.15, 0.2) is 28.1 Å². The molecule has 0 unspecified atom stereocenters. The number of aromatic nitrogens is 1. The highest BCUT2D eigenvalue weighted by atomic mass is 32.1. The summed E-state index contributed by atoms with van der Waals surface area (Å²) >= 11 is 1.67. The van der Waals surface area contributed by atoms with Crippen LogP contribution < -0.4 is 5.32 Å². The number of nitrogens with one attached hydrogen (secondary N) is 1. The van der Waals surface area contributed by atoms with Gasteiger partial charge in [0, 0.05) is 13.0 Å². The quantitative estimate of drug-likeness (QED) is 0.790. The minimum absolute atomic E-state index is 0.805. The van der Waals surface area contributed by atoms with Gasteiger partial charge in [0.15, 0.2) is 11.7 Å². The molecule has 2 aromatic rings. The third kappa shape index (κ3) is 2.67. The lowest BCUT2D eigenvalue weighted by Crippen LogP contribution is -2.16. The van der Waals surface area contributed by atoms with Gasteiger partial charge in [-0.3, -0.25) is 0 Å². The maximum absolute atomic E-state index is 5.63. The van der Waals surface area contributed by atoms with Crippen LogP contribution in [0.4, 0.5) is 0 Å². The lowest BCUT2D eigenvalue weighted by molar-refractivity contribution is 0.498. The van der Waals surface area contributed by atoms with Crippen LogP contribution >= 0.6 is 11.3 Å². The van der Waals surface area contributed by atoms with Crippen molar-refractivity contribution in [1.29, 1.82) is 0 Å². The van der Waals surface area contributed by atoms with Crippen molar-refractivity contribution in [2.24, 2.45) is 0 Å². The molecule has 0 aliphatic carbocycles. The summed E-state index contributed by atoms with van der Waals surface area (Å²) in [6.07, 6.45) is 2.65. The summed E-state index contributed by atoms with van der Waals surface area (Å²) in [5, 5.41) is 5.28. The van der Waals surface area contributed by atoms with Crippen molar-refractivity contribution in [3.8, 4) is 10.6 Å². The van der Waals surface area contributed by atoms with E-state index in [2.05, 4.69) is 17.2 Å². The van der Waals surface area contributed by atoms with Crippen LogP contribution in [0.3, 0.4) is 0 Å². The molecule has 0 fully saturated rings. The molecule has 0 saturated carbocycles. The average molecular weight is 222 g/mol. The Morgan fingerprint density at radius 3 is 3.20 bits per heavy atom. The van der Waals surface area contributed by atoms with E-state index in [0.29, 0.717) is 0 Å². The van der Waals surface area contributed by atoms with Crippen LogP contribution in [-0.2, 0) is 6.42 Å². The molecule has 3 nitrogen and oxygen atoms in total. The number of rotatable bonds is 5. The third-order valence-electron chi connectivity index (χ3n) is 2.08. The molecule has 2 heterocycles. The average Bonchev–Trinajstić information content (AvgIpc) is 2.87. The highest BCUT2D eigenvalue weighted by Gasteiger charge is 2.06. The van der Waals surface area contributed by atoms with Crippen molar-refractivity contribution in [3.05, 3.63) is 29.6 Å². The molecule has 0 radical (unpaired) electrons. The second kappa shape index (κ2) is 5.09. The van der Waals surface area contributed by atoms with Gasteiger partial charge >= 0.3 is 0 Å². The third-order valence-corrected chi connectivity index (χ3v) is 2.97. The number of thiophene rings is 1. The van der Waals surface area contributed by atoms with Crippen molar-refractivity contribution in [1.82, 2.24) is 10.3 Å². The molecule has 0 saturated heterocycles. The van der Waals surface area contributed by atoms with Crippen LogP contribution in [0.25, 0.3) is 10.6 Å². The standard InChI is InChI=1S/C11H14N2OS/c1-2-12-6-5-11-13-8-9(14-11)10-4-3-7-15-10/h3-4,7-8,12H,2,5-6H2,1H3. The summed E-state index contributed by atoms with van der Waals surface area (Å²) in [5.74, 6) is 1.68. The maximum atomic E-state index is 5.63. The number of hydrogen-bond acceptors (Lipinski definition) is 4. The molecule has 2 aromatic heterocycles. The fourth-order valence-corrected chi connectivity index (χ4v) is 2.00. The molecule has 0 aliphatic heterocycles. The molecule has 0 atom stereocenters. The Bertz CT molecular complexity index is 394. The van der Waals surface area contributed by atoms with Crippen molar-refractivity contribution in [2.75, 3.05) is 13.1 Å². The van der Waals surface area contributed by atoms with E-state index in [4.69, 9.17) is 4.42 Å². The summed E-state index contributed by atoms with van der Waals surface area (Å²) in [6, 6.07) is 4.06. The molecule has 80 valence electrons. The number of oxazole rings is 1. The van der Waals surface area contributed by atoms with E-state index in [0.717, 1.165) is 36.0 Å². The fraction of sp³-hybridized carbons (Fsp3) is 0.364. The summed E-state index contributed by atoms with van der Waals surface area (Å²) in [4.78, 5) is 5.38. The first-order valence-corrected chi connectivity index (χ1v) is 5.97. The van der Waals surface area contributed by atoms with E-state index >= 15 is 0 Å². The molecule has 2 rings (SSSR count). The summed E-state index contributed by atoms with van der Waals surface area (Å²) in [5.41, 5.74) is 0. The van der Waals surface area contributed by atoms with Crippen LogP contribution in [-0.4, -0.2) is 18.1 Å². The van der Waals surface area contributed by atoms with Crippen molar-refractivity contribution in [3.63, 3.8) is 0 Å². The number of nitrogens with zero attached hydrogens (tertiary/aromatic N) is 1. The topological polar surface area (TPSA) is 38.1 Å². The first-order valence-electron chi connectivity index (χ1n) is 5.09. The van der Waals surface area contributed by atoms with Gasteiger partial charge in [-0.05, 0) is 18.0 Å². The van der Waals surface area contributed by atoms with E-state index in [9.17, 15) is 0 Å². The first-order chi connectivity index (χ1) is 7.40. The van der Waals surface area contributed by atoms with Crippen LogP contribution in [0, 0.1) is 0 Å². The maximum Gasteiger partial charge on any atom is 0.196 e. The zero-order valence-electron chi connectivity index (χ0n) is 8.69. The zero-order valence-corrected chi connectivity index (χ0v) is 9.51. The molecular formula is C11H14N2OS. The predicted molar refractivity (Wildman–Crippen MR) is 62.1 cm³/mol. The Kier molecular flexibility index (Phi) is 3.53. The monoisotopic (exact) mass is 222 g/mol. The molecule has 0 bridgehead atoms. The number of likely N-dealkylation sites (N-methyl/N-ethyl adjacent to an activating group) is 1. The molecule has 4 heteroatoms. The number of hydrogen-bond donors (Lipinski definition) is 1. The minimum atomic E-state index is 0.805. The molecule has 15 heavy (non-hydrogen) atoms. The normalized spacial score (nSPS) is 10.7. The van der Waals surface area contributed by atoms with E-state index in [1.165, 1.54) is 0 Å². The van der Waals surface area contributed by atoms with Crippen LogP contribution in [0.2, 0.25) is 0 Å². The molecule has 1 N–H and O–H groups in total. The lowest BCUT2D eigenvalue weighted by Gasteiger charge is -1.96. The van der Waals surface area contributed by atoms with Crippen LogP contribution in [0.5, 0.6) is 0 Å². The summed E-state index contributed by atoms with van der Waals surface area (Å²) in [7, 11) is 0. The van der Waals surface area contributed by atoms with Crippen LogP contribution in [0.1, 0.15) is 12.8 Å².